The second-order valence-electron chi connectivity index (χ2n) is 9.23. The summed E-state index contributed by atoms with van der Waals surface area (Å²) < 4.78 is 5.38. The fraction of sp³-hybridized carbons (Fsp3) is 0.429. The van der Waals surface area contributed by atoms with E-state index in [1.54, 1.807) is 7.11 Å². The van der Waals surface area contributed by atoms with E-state index < -0.39 is 5.97 Å². The van der Waals surface area contributed by atoms with Crippen molar-refractivity contribution in [2.24, 2.45) is 11.8 Å². The van der Waals surface area contributed by atoms with Gasteiger partial charge in [-0.15, -0.1) is 0 Å². The summed E-state index contributed by atoms with van der Waals surface area (Å²) in [6, 6.07) is 16.0. The molecule has 1 aliphatic heterocycles. The van der Waals surface area contributed by atoms with E-state index in [4.69, 9.17) is 16.3 Å². The summed E-state index contributed by atoms with van der Waals surface area (Å²) in [5.74, 6) is 0.0813. The number of rotatable bonds is 10. The first-order valence-corrected chi connectivity index (χ1v) is 12.5. The number of methoxy groups -OCH3 is 1. The van der Waals surface area contributed by atoms with Crippen molar-refractivity contribution >= 4 is 28.5 Å². The third kappa shape index (κ3) is 6.08. The first-order valence-electron chi connectivity index (χ1n) is 12.2. The fourth-order valence-electron chi connectivity index (χ4n) is 5.17. The van der Waals surface area contributed by atoms with E-state index in [2.05, 4.69) is 22.0 Å². The van der Waals surface area contributed by atoms with Crippen LogP contribution in [0.15, 0.2) is 54.7 Å². The largest absolute Gasteiger partial charge is 0.497 e. The number of aryl methyl sites for hydroxylation is 2. The Hall–Kier alpha value is -2.63. The predicted octanol–water partition coefficient (Wildman–Crippen LogP) is 5.88. The average Bonchev–Trinajstić information content (AvgIpc) is 2.85. The van der Waals surface area contributed by atoms with Crippen LogP contribution in [0.3, 0.4) is 0 Å². The second kappa shape index (κ2) is 11.7. The topological polar surface area (TPSA) is 62.7 Å². The normalized spacial score (nSPS) is 18.8. The number of piperidine rings is 1. The Kier molecular flexibility index (Phi) is 8.41. The number of aliphatic carboxylic acids is 1. The Morgan fingerprint density at radius 1 is 1.15 bits per heavy atom. The third-order valence-electron chi connectivity index (χ3n) is 7.10. The molecule has 6 heteroatoms. The Morgan fingerprint density at radius 2 is 1.97 bits per heavy atom. The number of carboxylic acids is 1. The molecule has 2 aromatic carbocycles. The van der Waals surface area contributed by atoms with Crippen LogP contribution < -0.4 is 4.74 Å². The minimum atomic E-state index is -0.667. The summed E-state index contributed by atoms with van der Waals surface area (Å²) in [6.07, 6.45) is 7.51. The molecule has 0 radical (unpaired) electrons. The van der Waals surface area contributed by atoms with Gasteiger partial charge in [-0.3, -0.25) is 9.78 Å². The molecule has 180 valence electrons. The highest BCUT2D eigenvalue weighted by atomic mass is 35.5. The molecule has 0 aliphatic carbocycles. The second-order valence-corrected chi connectivity index (χ2v) is 9.64. The number of hydrogen-bond donors (Lipinski definition) is 1. The van der Waals surface area contributed by atoms with Crippen LogP contribution in [0.2, 0.25) is 5.02 Å². The molecule has 4 rings (SSSR count). The number of halogens is 1. The van der Waals surface area contributed by atoms with Gasteiger partial charge in [0.2, 0.25) is 0 Å². The monoisotopic (exact) mass is 480 g/mol. The number of ether oxygens (including phenoxy) is 1. The maximum atomic E-state index is 12.1. The van der Waals surface area contributed by atoms with Crippen LogP contribution in [0, 0.1) is 11.8 Å². The highest BCUT2D eigenvalue weighted by molar-refractivity contribution is 6.31. The molecule has 34 heavy (non-hydrogen) atoms. The predicted molar refractivity (Wildman–Crippen MR) is 137 cm³/mol. The zero-order valence-electron chi connectivity index (χ0n) is 19.8. The number of nitrogens with zero attached hydrogens (tertiary/aromatic N) is 2. The summed E-state index contributed by atoms with van der Waals surface area (Å²) >= 11 is 6.27. The number of fused-ring (bicyclic) bond motifs is 1. The number of pyridine rings is 1. The number of benzene rings is 2. The summed E-state index contributed by atoms with van der Waals surface area (Å²) in [6.45, 7) is 2.51. The van der Waals surface area contributed by atoms with Gasteiger partial charge in [0.25, 0.3) is 0 Å². The Balaban J connectivity index is 1.30. The molecule has 0 amide bonds. The van der Waals surface area contributed by atoms with Crippen LogP contribution in [0.4, 0.5) is 0 Å². The maximum absolute atomic E-state index is 12.1. The Labute approximate surface area is 206 Å². The zero-order valence-corrected chi connectivity index (χ0v) is 20.5. The average molecular weight is 481 g/mol. The minimum Gasteiger partial charge on any atom is -0.497 e. The molecule has 0 saturated carbocycles. The standard InChI is InChI=1S/C28H33ClN2O3/c1-34-23-11-12-27-24(18-23)20(13-15-30-27)7-4-8-21-14-17-31(19-25(21)28(32)33)16-5-9-22-6-2-3-10-26(22)29/h2-3,6,10-13,15,18,21,25H,4-5,7-9,14,16-17,19H2,1H3,(H,32,33)/t21-,25+/m1/s1. The van der Waals surface area contributed by atoms with Crippen LogP contribution in [-0.2, 0) is 17.6 Å². The van der Waals surface area contributed by atoms with Gasteiger partial charge in [0.15, 0.2) is 0 Å². The van der Waals surface area contributed by atoms with E-state index >= 15 is 0 Å². The summed E-state index contributed by atoms with van der Waals surface area (Å²) in [5.41, 5.74) is 3.37. The summed E-state index contributed by atoms with van der Waals surface area (Å²) in [5, 5.41) is 11.8. The Morgan fingerprint density at radius 3 is 2.76 bits per heavy atom. The number of hydrogen-bond acceptors (Lipinski definition) is 4. The third-order valence-corrected chi connectivity index (χ3v) is 7.46. The van der Waals surface area contributed by atoms with Gasteiger partial charge < -0.3 is 14.7 Å². The van der Waals surface area contributed by atoms with Crippen LogP contribution >= 0.6 is 11.6 Å². The summed E-state index contributed by atoms with van der Waals surface area (Å²) in [7, 11) is 1.67. The lowest BCUT2D eigenvalue weighted by Crippen LogP contribution is -2.44. The van der Waals surface area contributed by atoms with Crippen LogP contribution in [0.1, 0.15) is 36.8 Å². The van der Waals surface area contributed by atoms with Gasteiger partial charge in [-0.1, -0.05) is 29.8 Å². The van der Waals surface area contributed by atoms with Crippen molar-refractivity contribution in [1.29, 1.82) is 0 Å². The van der Waals surface area contributed by atoms with E-state index in [1.165, 1.54) is 5.56 Å². The number of likely N-dealkylation sites (tertiary alicyclic amines) is 1. The Bertz CT molecular complexity index is 1120. The molecule has 1 aliphatic rings. The van der Waals surface area contributed by atoms with Gasteiger partial charge in [-0.25, -0.2) is 0 Å². The molecule has 1 saturated heterocycles. The van der Waals surface area contributed by atoms with Gasteiger partial charge >= 0.3 is 5.97 Å². The van der Waals surface area contributed by atoms with Crippen molar-refractivity contribution in [3.8, 4) is 5.75 Å². The van der Waals surface area contributed by atoms with Crippen molar-refractivity contribution < 1.29 is 14.6 Å². The molecule has 0 unspecified atom stereocenters. The van der Waals surface area contributed by atoms with Crippen molar-refractivity contribution in [3.05, 3.63) is 70.9 Å². The number of carbonyl (C=O) groups is 1. The van der Waals surface area contributed by atoms with Gasteiger partial charge in [0, 0.05) is 23.2 Å². The van der Waals surface area contributed by atoms with Crippen LogP contribution in [0.25, 0.3) is 10.9 Å². The smallest absolute Gasteiger partial charge is 0.308 e. The first-order chi connectivity index (χ1) is 16.5. The first kappa shape index (κ1) is 24.5. The molecule has 2 atom stereocenters. The molecule has 3 aromatic rings. The molecule has 1 fully saturated rings. The van der Waals surface area contributed by atoms with Crippen molar-refractivity contribution in [2.75, 3.05) is 26.7 Å². The molecule has 5 nitrogen and oxygen atoms in total. The highest BCUT2D eigenvalue weighted by Gasteiger charge is 2.33. The quantitative estimate of drug-likeness (QED) is 0.393. The molecule has 1 aromatic heterocycles. The van der Waals surface area contributed by atoms with Gasteiger partial charge in [0.05, 0.1) is 18.5 Å². The van der Waals surface area contributed by atoms with Gasteiger partial charge in [0.1, 0.15) is 5.75 Å². The van der Waals surface area contributed by atoms with E-state index in [1.807, 2.05) is 42.6 Å². The fourth-order valence-corrected chi connectivity index (χ4v) is 5.40. The lowest BCUT2D eigenvalue weighted by Gasteiger charge is -2.36. The molecule has 0 bridgehead atoms. The zero-order chi connectivity index (χ0) is 23.9. The maximum Gasteiger partial charge on any atom is 0.308 e. The van der Waals surface area contributed by atoms with E-state index in [0.717, 1.165) is 78.9 Å². The van der Waals surface area contributed by atoms with Crippen molar-refractivity contribution in [2.45, 2.75) is 38.5 Å². The van der Waals surface area contributed by atoms with Gasteiger partial charge in [-0.2, -0.15) is 0 Å². The van der Waals surface area contributed by atoms with E-state index in [-0.39, 0.29) is 11.8 Å². The minimum absolute atomic E-state index is 0.222. The lowest BCUT2D eigenvalue weighted by atomic mass is 9.81. The SMILES string of the molecule is COc1ccc2nccc(CCC[C@@H]3CCN(CCCc4ccccc4Cl)C[C@@H]3C(=O)O)c2c1. The van der Waals surface area contributed by atoms with E-state index in [9.17, 15) is 9.90 Å². The number of aromatic nitrogens is 1. The molecule has 0 spiro atoms. The van der Waals surface area contributed by atoms with Crippen LogP contribution in [0.5, 0.6) is 5.75 Å². The van der Waals surface area contributed by atoms with Crippen molar-refractivity contribution in [1.82, 2.24) is 9.88 Å². The van der Waals surface area contributed by atoms with E-state index in [0.29, 0.717) is 6.54 Å². The highest BCUT2D eigenvalue weighted by Crippen LogP contribution is 2.30. The molecule has 1 N–H and O–H groups in total. The lowest BCUT2D eigenvalue weighted by molar-refractivity contribution is -0.146. The molecular weight excluding hydrogens is 448 g/mol. The van der Waals surface area contributed by atoms with Crippen LogP contribution in [-0.4, -0.2) is 47.7 Å². The molecule has 2 heterocycles. The van der Waals surface area contributed by atoms with Crippen molar-refractivity contribution in [3.63, 3.8) is 0 Å². The van der Waals surface area contributed by atoms with Gasteiger partial charge in [-0.05, 0) is 99.0 Å². The summed E-state index contributed by atoms with van der Waals surface area (Å²) in [4.78, 5) is 18.8. The number of carboxylic acid groups (broad SMARTS) is 1. The molecular formula is C28H33ClN2O3.